The van der Waals surface area contributed by atoms with Crippen LogP contribution in [0.4, 0.5) is 0 Å². The van der Waals surface area contributed by atoms with Crippen LogP contribution in [-0.2, 0) is 21.1 Å². The molecule has 0 unspecified atom stereocenters. The third kappa shape index (κ3) is 12.1. The van der Waals surface area contributed by atoms with Crippen LogP contribution in [0.25, 0.3) is 0 Å². The summed E-state index contributed by atoms with van der Waals surface area (Å²) in [6, 6.07) is 9.63. The van der Waals surface area contributed by atoms with Crippen molar-refractivity contribution in [1.29, 1.82) is 0 Å². The van der Waals surface area contributed by atoms with Gasteiger partial charge in [-0.05, 0) is 24.3 Å². The van der Waals surface area contributed by atoms with E-state index in [2.05, 4.69) is 0 Å². The molecule has 0 aliphatic rings. The van der Waals surface area contributed by atoms with E-state index < -0.39 is 0 Å². The Bertz CT molecular complexity index is 467. The standard InChI is InChI=1S/2C6H4Cl2O.4ClH.W/c2*7-4-2-1-3-5(8)6(4)9;;;;;/h2*1-3,9H;4*1H;. The summed E-state index contributed by atoms with van der Waals surface area (Å²) in [5.41, 5.74) is 0. The summed E-state index contributed by atoms with van der Waals surface area (Å²) in [7, 11) is 0. The van der Waals surface area contributed by atoms with Crippen molar-refractivity contribution in [2.24, 2.45) is 0 Å². The summed E-state index contributed by atoms with van der Waals surface area (Å²) in [5.74, 6) is -0.110. The normalized spacial score (nSPS) is 7.48. The molecule has 134 valence electrons. The van der Waals surface area contributed by atoms with E-state index in [1.807, 2.05) is 0 Å². The van der Waals surface area contributed by atoms with Gasteiger partial charge in [0.15, 0.2) is 11.5 Å². The molecule has 2 N–H and O–H groups in total. The van der Waals surface area contributed by atoms with Gasteiger partial charge >= 0.3 is 0 Å². The number of halogens is 8. The summed E-state index contributed by atoms with van der Waals surface area (Å²) in [5, 5.41) is 19.0. The Kier molecular flexibility index (Phi) is 27.3. The van der Waals surface area contributed by atoms with Crippen molar-refractivity contribution >= 4 is 96.0 Å². The maximum atomic E-state index is 8.94. The van der Waals surface area contributed by atoms with Crippen LogP contribution in [0.2, 0.25) is 20.1 Å². The second kappa shape index (κ2) is 17.9. The van der Waals surface area contributed by atoms with E-state index in [1.54, 1.807) is 36.4 Å². The maximum absolute atomic E-state index is 8.94. The molecule has 2 aromatic carbocycles. The maximum Gasteiger partial charge on any atom is 0.152 e. The van der Waals surface area contributed by atoms with Gasteiger partial charge in [0.2, 0.25) is 0 Å². The molecule has 23 heavy (non-hydrogen) atoms. The van der Waals surface area contributed by atoms with E-state index in [1.165, 1.54) is 0 Å². The number of hydrogen-bond donors (Lipinski definition) is 2. The van der Waals surface area contributed by atoms with Crippen molar-refractivity contribution in [3.8, 4) is 11.5 Å². The third-order valence-corrected chi connectivity index (χ3v) is 3.10. The van der Waals surface area contributed by atoms with Crippen LogP contribution in [0, 0.1) is 0 Å². The molecule has 0 aromatic heterocycles. The summed E-state index contributed by atoms with van der Waals surface area (Å²) in [6.07, 6.45) is 0. The fourth-order valence-electron chi connectivity index (χ4n) is 0.978. The van der Waals surface area contributed by atoms with E-state index in [0.717, 1.165) is 0 Å². The Balaban J connectivity index is -0.0000000771. The van der Waals surface area contributed by atoms with Crippen molar-refractivity contribution in [2.75, 3.05) is 0 Å². The smallest absolute Gasteiger partial charge is 0.152 e. The van der Waals surface area contributed by atoms with Gasteiger partial charge in [-0.15, -0.1) is 49.6 Å². The Morgan fingerprint density at radius 2 is 0.696 bits per heavy atom. The van der Waals surface area contributed by atoms with Crippen molar-refractivity contribution in [2.45, 2.75) is 0 Å². The molecule has 0 radical (unpaired) electrons. The average molecular weight is 656 g/mol. The molecule has 0 saturated carbocycles. The average Bonchev–Trinajstić information content (AvgIpc) is 2.34. The first-order valence-corrected chi connectivity index (χ1v) is 6.20. The van der Waals surface area contributed by atoms with Crippen LogP contribution in [-0.4, -0.2) is 10.2 Å². The number of para-hydroxylation sites is 2. The molecule has 0 spiro atoms. The molecule has 2 nitrogen and oxygen atoms in total. The van der Waals surface area contributed by atoms with Gasteiger partial charge in [-0.3, -0.25) is 0 Å². The Morgan fingerprint density at radius 3 is 0.826 bits per heavy atom. The Hall–Kier alpha value is 1.05. The van der Waals surface area contributed by atoms with Gasteiger partial charge in [0.25, 0.3) is 0 Å². The topological polar surface area (TPSA) is 40.5 Å². The zero-order valence-corrected chi connectivity index (χ0v) is 20.1. The minimum Gasteiger partial charge on any atom is -0.505 e. The zero-order chi connectivity index (χ0) is 13.7. The number of benzene rings is 2. The van der Waals surface area contributed by atoms with Crippen molar-refractivity contribution in [3.63, 3.8) is 0 Å². The molecule has 0 saturated heterocycles. The van der Waals surface area contributed by atoms with Gasteiger partial charge in [0.05, 0.1) is 20.1 Å². The van der Waals surface area contributed by atoms with Gasteiger partial charge in [0.1, 0.15) is 0 Å². The van der Waals surface area contributed by atoms with Crippen molar-refractivity contribution in [3.05, 3.63) is 56.5 Å². The molecule has 0 aliphatic heterocycles. The fraction of sp³-hybridized carbons (Fsp3) is 0. The van der Waals surface area contributed by atoms with Gasteiger partial charge in [0, 0.05) is 21.1 Å². The van der Waals surface area contributed by atoms with Crippen molar-refractivity contribution < 1.29 is 31.3 Å². The fourth-order valence-corrected chi connectivity index (χ4v) is 1.77. The van der Waals surface area contributed by atoms with Crippen LogP contribution in [0.5, 0.6) is 11.5 Å². The van der Waals surface area contributed by atoms with Crippen LogP contribution in [0.15, 0.2) is 36.4 Å². The number of phenolic OH excluding ortho intramolecular Hbond substituents is 2. The van der Waals surface area contributed by atoms with E-state index in [-0.39, 0.29) is 102 Å². The quantitative estimate of drug-likeness (QED) is 0.319. The molecule has 0 aliphatic carbocycles. The number of aromatic hydroxyl groups is 2. The van der Waals surface area contributed by atoms with Crippen LogP contribution < -0.4 is 0 Å². The summed E-state index contributed by atoms with van der Waals surface area (Å²) in [4.78, 5) is 0. The van der Waals surface area contributed by atoms with Crippen LogP contribution in [0.3, 0.4) is 0 Å². The Morgan fingerprint density at radius 1 is 0.522 bits per heavy atom. The van der Waals surface area contributed by atoms with Gasteiger partial charge in [-0.25, -0.2) is 0 Å². The van der Waals surface area contributed by atoms with E-state index in [0.29, 0.717) is 0 Å². The van der Waals surface area contributed by atoms with Gasteiger partial charge in [-0.2, -0.15) is 0 Å². The molecule has 11 heteroatoms. The van der Waals surface area contributed by atoms with Crippen LogP contribution in [0.1, 0.15) is 0 Å². The predicted octanol–water partition coefficient (Wildman–Crippen LogP) is 7.08. The summed E-state index contributed by atoms with van der Waals surface area (Å²) in [6.45, 7) is 0. The van der Waals surface area contributed by atoms with Crippen molar-refractivity contribution in [1.82, 2.24) is 0 Å². The molecule has 0 bridgehead atoms. The molecule has 0 amide bonds. The number of phenols is 2. The number of rotatable bonds is 0. The van der Waals surface area contributed by atoms with E-state index in [9.17, 15) is 0 Å². The molecular formula is C12H12Cl8O2W. The molecule has 2 rings (SSSR count). The monoisotopic (exact) mass is 652 g/mol. The molecule has 0 heterocycles. The second-order valence-corrected chi connectivity index (χ2v) is 4.77. The Labute approximate surface area is 193 Å². The predicted molar refractivity (Wildman–Crippen MR) is 105 cm³/mol. The zero-order valence-electron chi connectivity index (χ0n) is 10.9. The summed E-state index contributed by atoms with van der Waals surface area (Å²) >= 11 is 21.9. The first kappa shape index (κ1) is 35.2. The van der Waals surface area contributed by atoms with E-state index >= 15 is 0 Å². The SMILES string of the molecule is Cl.Cl.Cl.Cl.Oc1c(Cl)cccc1Cl.Oc1c(Cl)cccc1Cl.[W]. The largest absolute Gasteiger partial charge is 0.505 e. The van der Waals surface area contributed by atoms with E-state index in [4.69, 9.17) is 56.6 Å². The van der Waals surface area contributed by atoms with Gasteiger partial charge < -0.3 is 10.2 Å². The minimum absolute atomic E-state index is 0. The number of hydrogen-bond acceptors (Lipinski definition) is 2. The van der Waals surface area contributed by atoms with Crippen LogP contribution >= 0.6 is 96.0 Å². The first-order chi connectivity index (χ1) is 8.43. The molecule has 2 aromatic rings. The second-order valence-electron chi connectivity index (χ2n) is 3.14. The molecule has 0 atom stereocenters. The first-order valence-electron chi connectivity index (χ1n) is 4.69. The minimum atomic E-state index is -0.0548. The van der Waals surface area contributed by atoms with Gasteiger partial charge in [-0.1, -0.05) is 58.5 Å². The molecular weight excluding hydrogens is 644 g/mol. The molecule has 0 fully saturated rings. The summed E-state index contributed by atoms with van der Waals surface area (Å²) < 4.78 is 0. The third-order valence-electron chi connectivity index (χ3n) is 1.88.